The standard InChI is InChI=1S/C10H21BS/c1-2-10(9-11-12)7-5-3-4-6-8-10/h11-12H,2-9H2,1H3. The first-order valence-electron chi connectivity index (χ1n) is 5.44. The molecule has 0 bridgehead atoms. The minimum absolute atomic E-state index is 0.679. The van der Waals surface area contributed by atoms with Crippen molar-refractivity contribution in [3.63, 3.8) is 0 Å². The fraction of sp³-hybridized carbons (Fsp3) is 1.00. The lowest BCUT2D eigenvalue weighted by Crippen LogP contribution is -2.19. The molecule has 70 valence electrons. The molecule has 0 unspecified atom stereocenters. The first-order chi connectivity index (χ1) is 5.83. The number of hydrogen-bond donors (Lipinski definition) is 1. The van der Waals surface area contributed by atoms with Crippen molar-refractivity contribution in [1.29, 1.82) is 0 Å². The van der Waals surface area contributed by atoms with Crippen molar-refractivity contribution in [3.05, 3.63) is 0 Å². The van der Waals surface area contributed by atoms with Gasteiger partial charge in [-0.25, -0.2) is 12.5 Å². The third-order valence-electron chi connectivity index (χ3n) is 3.56. The number of hydrogen-bond acceptors (Lipinski definition) is 1. The minimum atomic E-state index is 0.679. The molecule has 0 spiro atoms. The molecule has 1 aliphatic rings. The van der Waals surface area contributed by atoms with E-state index in [2.05, 4.69) is 19.4 Å². The Morgan fingerprint density at radius 2 is 1.75 bits per heavy atom. The van der Waals surface area contributed by atoms with E-state index >= 15 is 0 Å². The van der Waals surface area contributed by atoms with Crippen LogP contribution in [0, 0.1) is 5.41 Å². The summed E-state index contributed by atoms with van der Waals surface area (Å²) in [4.78, 5) is 0. The van der Waals surface area contributed by atoms with Crippen LogP contribution in [0.3, 0.4) is 0 Å². The normalized spacial score (nSPS) is 23.2. The summed E-state index contributed by atoms with van der Waals surface area (Å²) in [5, 5.41) is 0. The lowest BCUT2D eigenvalue weighted by atomic mass is 9.68. The van der Waals surface area contributed by atoms with E-state index in [1.165, 1.54) is 51.3 Å². The van der Waals surface area contributed by atoms with E-state index in [4.69, 9.17) is 0 Å². The monoisotopic (exact) mass is 184 g/mol. The van der Waals surface area contributed by atoms with E-state index in [-0.39, 0.29) is 0 Å². The predicted molar refractivity (Wildman–Crippen MR) is 61.4 cm³/mol. The molecule has 0 aliphatic heterocycles. The topological polar surface area (TPSA) is 0 Å². The molecule has 0 heterocycles. The van der Waals surface area contributed by atoms with Gasteiger partial charge in [-0.15, -0.1) is 0 Å². The third-order valence-corrected chi connectivity index (χ3v) is 3.78. The maximum Gasteiger partial charge on any atom is 0.187 e. The van der Waals surface area contributed by atoms with Crippen molar-refractivity contribution in [3.8, 4) is 0 Å². The van der Waals surface area contributed by atoms with Crippen molar-refractivity contribution < 1.29 is 0 Å². The molecule has 0 nitrogen and oxygen atoms in total. The molecule has 1 saturated carbocycles. The molecule has 2 heteroatoms. The Bertz CT molecular complexity index is 117. The second-order valence-electron chi connectivity index (χ2n) is 4.24. The molecule has 0 N–H and O–H groups in total. The van der Waals surface area contributed by atoms with Crippen LogP contribution in [0.25, 0.3) is 0 Å². The molecule has 1 rings (SSSR count). The summed E-state index contributed by atoms with van der Waals surface area (Å²) in [6, 6.07) is 0. The van der Waals surface area contributed by atoms with Gasteiger partial charge in [-0.1, -0.05) is 45.3 Å². The van der Waals surface area contributed by atoms with E-state index in [9.17, 15) is 0 Å². The SMILES string of the molecule is CCC1(CBS)CCCCCC1. The maximum atomic E-state index is 4.37. The molecule has 0 saturated heterocycles. The molecule has 0 radical (unpaired) electrons. The van der Waals surface area contributed by atoms with Crippen LogP contribution in [0.2, 0.25) is 6.32 Å². The summed E-state index contributed by atoms with van der Waals surface area (Å²) >= 11 is 4.37. The van der Waals surface area contributed by atoms with E-state index in [1.807, 2.05) is 0 Å². The van der Waals surface area contributed by atoms with Crippen LogP contribution in [0.5, 0.6) is 0 Å². The fourth-order valence-corrected chi connectivity index (χ4v) is 2.97. The van der Waals surface area contributed by atoms with Crippen LogP contribution < -0.4 is 0 Å². The predicted octanol–water partition coefficient (Wildman–Crippen LogP) is 3.44. The molecule has 0 aromatic carbocycles. The van der Waals surface area contributed by atoms with Gasteiger partial charge >= 0.3 is 0 Å². The van der Waals surface area contributed by atoms with Crippen molar-refractivity contribution in [2.75, 3.05) is 0 Å². The van der Waals surface area contributed by atoms with Crippen molar-refractivity contribution >= 4 is 19.0 Å². The average Bonchev–Trinajstić information content (AvgIpc) is 2.32. The lowest BCUT2D eigenvalue weighted by molar-refractivity contribution is 0.267. The van der Waals surface area contributed by atoms with E-state index in [0.717, 1.165) is 6.56 Å². The Kier molecular flexibility index (Phi) is 4.56. The zero-order chi connectivity index (χ0) is 8.86. The van der Waals surface area contributed by atoms with Crippen LogP contribution in [-0.2, 0) is 0 Å². The summed E-state index contributed by atoms with van der Waals surface area (Å²) in [7, 11) is 0. The summed E-state index contributed by atoms with van der Waals surface area (Å²) < 4.78 is 0. The van der Waals surface area contributed by atoms with Crippen molar-refractivity contribution in [2.24, 2.45) is 5.41 Å². The minimum Gasteiger partial charge on any atom is -0.232 e. The first kappa shape index (κ1) is 10.5. The molecule has 1 fully saturated rings. The van der Waals surface area contributed by atoms with Crippen LogP contribution in [-0.4, -0.2) is 6.56 Å². The second-order valence-corrected chi connectivity index (χ2v) is 4.69. The van der Waals surface area contributed by atoms with Gasteiger partial charge in [0.2, 0.25) is 0 Å². The highest BCUT2D eigenvalue weighted by Crippen LogP contribution is 2.41. The molecular weight excluding hydrogens is 163 g/mol. The molecule has 0 atom stereocenters. The number of rotatable bonds is 3. The molecule has 1 aliphatic carbocycles. The van der Waals surface area contributed by atoms with Crippen molar-refractivity contribution in [2.45, 2.75) is 58.2 Å². The van der Waals surface area contributed by atoms with Gasteiger partial charge in [-0.2, -0.15) is 0 Å². The van der Waals surface area contributed by atoms with Gasteiger partial charge < -0.3 is 0 Å². The van der Waals surface area contributed by atoms with Gasteiger partial charge in [0.1, 0.15) is 0 Å². The lowest BCUT2D eigenvalue weighted by Gasteiger charge is -2.31. The molecule has 0 aromatic heterocycles. The van der Waals surface area contributed by atoms with Gasteiger partial charge in [0.25, 0.3) is 0 Å². The van der Waals surface area contributed by atoms with Gasteiger partial charge in [0.05, 0.1) is 0 Å². The van der Waals surface area contributed by atoms with Crippen LogP contribution in [0.1, 0.15) is 51.9 Å². The second kappa shape index (κ2) is 5.21. The Labute approximate surface area is 83.1 Å². The van der Waals surface area contributed by atoms with Gasteiger partial charge in [-0.05, 0) is 18.3 Å². The Morgan fingerprint density at radius 1 is 1.17 bits per heavy atom. The van der Waals surface area contributed by atoms with Crippen LogP contribution in [0.4, 0.5) is 0 Å². The van der Waals surface area contributed by atoms with E-state index in [1.54, 1.807) is 0 Å². The molecular formula is C10H21BS. The first-order valence-corrected chi connectivity index (χ1v) is 6.07. The van der Waals surface area contributed by atoms with E-state index in [0.29, 0.717) is 5.41 Å². The quantitative estimate of drug-likeness (QED) is 0.387. The van der Waals surface area contributed by atoms with Crippen LogP contribution in [0.15, 0.2) is 0 Å². The Balaban J connectivity index is 2.48. The summed E-state index contributed by atoms with van der Waals surface area (Å²) in [6.45, 7) is 3.43. The van der Waals surface area contributed by atoms with Gasteiger partial charge in [0.15, 0.2) is 6.56 Å². The smallest absolute Gasteiger partial charge is 0.187 e. The molecule has 12 heavy (non-hydrogen) atoms. The highest BCUT2D eigenvalue weighted by Gasteiger charge is 2.27. The van der Waals surface area contributed by atoms with Gasteiger partial charge in [-0.3, -0.25) is 0 Å². The zero-order valence-corrected chi connectivity index (χ0v) is 9.21. The average molecular weight is 184 g/mol. The largest absolute Gasteiger partial charge is 0.232 e. The van der Waals surface area contributed by atoms with Gasteiger partial charge in [0, 0.05) is 0 Å². The maximum absolute atomic E-state index is 4.37. The summed E-state index contributed by atoms with van der Waals surface area (Å²) in [5.41, 5.74) is 0.679. The van der Waals surface area contributed by atoms with E-state index < -0.39 is 0 Å². The highest BCUT2D eigenvalue weighted by molar-refractivity contribution is 8.06. The zero-order valence-electron chi connectivity index (χ0n) is 8.31. The van der Waals surface area contributed by atoms with Crippen molar-refractivity contribution in [1.82, 2.24) is 0 Å². The fourth-order valence-electron chi connectivity index (χ4n) is 2.50. The Hall–Kier alpha value is 0.415. The summed E-state index contributed by atoms with van der Waals surface area (Å²) in [6.07, 6.45) is 11.5. The summed E-state index contributed by atoms with van der Waals surface area (Å²) in [5.74, 6) is 0. The third kappa shape index (κ3) is 2.72. The van der Waals surface area contributed by atoms with Crippen LogP contribution >= 0.6 is 12.5 Å². The highest BCUT2D eigenvalue weighted by atomic mass is 32.1. The number of thiol groups is 1. The Morgan fingerprint density at radius 3 is 2.17 bits per heavy atom. The molecule has 0 aromatic rings. The molecule has 0 amide bonds.